The molecule has 0 saturated carbocycles. The monoisotopic (exact) mass is 395 g/mol. The third-order valence-electron chi connectivity index (χ3n) is 1.73. The molecule has 0 unspecified atom stereocenters. The van der Waals surface area contributed by atoms with E-state index >= 15 is 0 Å². The Kier molecular flexibility index (Phi) is 4.13. The van der Waals surface area contributed by atoms with E-state index < -0.39 is 0 Å². The number of amides is 1. The summed E-state index contributed by atoms with van der Waals surface area (Å²) in [6.07, 6.45) is 2.77. The number of carbonyl (C=O) groups is 1. The van der Waals surface area contributed by atoms with E-state index in [1.807, 2.05) is 0 Å². The van der Waals surface area contributed by atoms with Crippen molar-refractivity contribution in [2.45, 2.75) is 0 Å². The van der Waals surface area contributed by atoms with Crippen LogP contribution in [0.1, 0.15) is 9.67 Å². The lowest BCUT2D eigenvalue weighted by molar-refractivity contribution is 0.103. The first-order valence-electron chi connectivity index (χ1n) is 4.30. The molecule has 0 aliphatic carbocycles. The summed E-state index contributed by atoms with van der Waals surface area (Å²) in [5.74, 6) is 0.123. The second-order valence-electron chi connectivity index (χ2n) is 2.91. The molecule has 0 fully saturated rings. The number of anilines is 1. The number of nitrogens with zero attached hydrogens (tertiary/aromatic N) is 2. The van der Waals surface area contributed by atoms with Gasteiger partial charge in [0.25, 0.3) is 5.91 Å². The van der Waals surface area contributed by atoms with Crippen LogP contribution in [0.4, 0.5) is 5.82 Å². The van der Waals surface area contributed by atoms with Gasteiger partial charge < -0.3 is 5.32 Å². The molecule has 2 aromatic heterocycles. The van der Waals surface area contributed by atoms with Crippen LogP contribution in [0.25, 0.3) is 0 Å². The molecule has 0 atom stereocenters. The number of nitrogens with one attached hydrogen (secondary N) is 1. The minimum atomic E-state index is -0.238. The molecule has 0 radical (unpaired) electrons. The van der Waals surface area contributed by atoms with Gasteiger partial charge in [0, 0.05) is 4.47 Å². The molecule has 2 aromatic rings. The van der Waals surface area contributed by atoms with Gasteiger partial charge in [-0.25, -0.2) is 9.97 Å². The van der Waals surface area contributed by atoms with Crippen molar-refractivity contribution >= 4 is 66.5 Å². The van der Waals surface area contributed by atoms with Crippen LogP contribution in [0, 0.1) is 0 Å². The zero-order valence-corrected chi connectivity index (χ0v) is 12.8. The van der Waals surface area contributed by atoms with E-state index in [4.69, 9.17) is 11.6 Å². The topological polar surface area (TPSA) is 54.9 Å². The standard InChI is InChI=1S/C9H4Br2ClN3OS/c10-4-1-5(17-8(4)11)9(16)15-7-3-13-6(12)2-14-7/h1-3H,(H,14,15,16). The zero-order valence-electron chi connectivity index (χ0n) is 8.08. The molecule has 0 aliphatic heterocycles. The maximum absolute atomic E-state index is 11.8. The van der Waals surface area contributed by atoms with Crippen molar-refractivity contribution in [1.82, 2.24) is 9.97 Å². The van der Waals surface area contributed by atoms with Crippen molar-refractivity contribution in [3.8, 4) is 0 Å². The molecule has 1 amide bonds. The van der Waals surface area contributed by atoms with Gasteiger partial charge in [-0.1, -0.05) is 11.6 Å². The normalized spacial score (nSPS) is 10.3. The van der Waals surface area contributed by atoms with Gasteiger partial charge in [0.2, 0.25) is 0 Å². The highest BCUT2D eigenvalue weighted by molar-refractivity contribution is 9.13. The van der Waals surface area contributed by atoms with Crippen LogP contribution in [0.2, 0.25) is 5.15 Å². The molecule has 0 spiro atoms. The predicted octanol–water partition coefficient (Wildman–Crippen LogP) is 3.97. The van der Waals surface area contributed by atoms with Crippen LogP contribution in [-0.4, -0.2) is 15.9 Å². The Bertz CT molecular complexity index is 538. The van der Waals surface area contributed by atoms with E-state index in [2.05, 4.69) is 47.1 Å². The Balaban J connectivity index is 2.14. The first-order valence-corrected chi connectivity index (χ1v) is 7.08. The molecule has 0 aliphatic rings. The van der Waals surface area contributed by atoms with Crippen LogP contribution in [0.3, 0.4) is 0 Å². The van der Waals surface area contributed by atoms with Gasteiger partial charge in [-0.15, -0.1) is 11.3 Å². The largest absolute Gasteiger partial charge is 0.305 e. The summed E-state index contributed by atoms with van der Waals surface area (Å²) in [6, 6.07) is 1.73. The number of halogens is 3. The molecule has 88 valence electrons. The molecule has 2 rings (SSSR count). The quantitative estimate of drug-likeness (QED) is 0.834. The van der Waals surface area contributed by atoms with Gasteiger partial charge in [-0.2, -0.15) is 0 Å². The fourth-order valence-corrected chi connectivity index (χ4v) is 3.04. The van der Waals surface area contributed by atoms with Crippen molar-refractivity contribution in [1.29, 1.82) is 0 Å². The van der Waals surface area contributed by atoms with Gasteiger partial charge in [0.05, 0.1) is 21.1 Å². The van der Waals surface area contributed by atoms with E-state index in [0.29, 0.717) is 10.7 Å². The van der Waals surface area contributed by atoms with Crippen LogP contribution >= 0.6 is 54.8 Å². The summed E-state index contributed by atoms with van der Waals surface area (Å²) in [7, 11) is 0. The maximum atomic E-state index is 11.8. The number of rotatable bonds is 2. The molecule has 0 aromatic carbocycles. The van der Waals surface area contributed by atoms with E-state index in [-0.39, 0.29) is 11.1 Å². The molecule has 1 N–H and O–H groups in total. The number of aromatic nitrogens is 2. The van der Waals surface area contributed by atoms with Crippen molar-refractivity contribution in [2.75, 3.05) is 5.32 Å². The number of hydrogen-bond acceptors (Lipinski definition) is 4. The third-order valence-corrected chi connectivity index (χ3v) is 5.18. The fraction of sp³-hybridized carbons (Fsp3) is 0. The van der Waals surface area contributed by atoms with Crippen LogP contribution in [-0.2, 0) is 0 Å². The van der Waals surface area contributed by atoms with Gasteiger partial charge >= 0.3 is 0 Å². The Morgan fingerprint density at radius 1 is 1.35 bits per heavy atom. The lowest BCUT2D eigenvalue weighted by Gasteiger charge is -2.01. The minimum Gasteiger partial charge on any atom is -0.305 e. The summed E-state index contributed by atoms with van der Waals surface area (Å²) >= 11 is 13.6. The summed E-state index contributed by atoms with van der Waals surface area (Å²) in [5.41, 5.74) is 0. The second-order valence-corrected chi connectivity index (χ2v) is 6.52. The molecule has 2 heterocycles. The van der Waals surface area contributed by atoms with Crippen LogP contribution in [0.15, 0.2) is 26.7 Å². The Morgan fingerprint density at radius 3 is 2.65 bits per heavy atom. The van der Waals surface area contributed by atoms with Crippen molar-refractivity contribution in [3.63, 3.8) is 0 Å². The number of hydrogen-bond donors (Lipinski definition) is 1. The molecule has 0 bridgehead atoms. The lowest BCUT2D eigenvalue weighted by Crippen LogP contribution is -2.11. The zero-order chi connectivity index (χ0) is 12.4. The fourth-order valence-electron chi connectivity index (χ4n) is 1.01. The molecular weight excluding hydrogens is 393 g/mol. The Morgan fingerprint density at radius 2 is 2.12 bits per heavy atom. The summed E-state index contributed by atoms with van der Waals surface area (Å²) < 4.78 is 1.71. The Labute approximate surface area is 123 Å². The first kappa shape index (κ1) is 12.9. The van der Waals surface area contributed by atoms with Crippen LogP contribution in [0.5, 0.6) is 0 Å². The highest BCUT2D eigenvalue weighted by Gasteiger charge is 2.12. The average molecular weight is 397 g/mol. The number of carbonyl (C=O) groups excluding carboxylic acids is 1. The predicted molar refractivity (Wildman–Crippen MR) is 74.7 cm³/mol. The number of thiophene rings is 1. The SMILES string of the molecule is O=C(Nc1cnc(Cl)cn1)c1cc(Br)c(Br)s1. The molecule has 4 nitrogen and oxygen atoms in total. The molecule has 17 heavy (non-hydrogen) atoms. The third kappa shape index (κ3) is 3.25. The van der Waals surface area contributed by atoms with Crippen molar-refractivity contribution < 1.29 is 4.79 Å². The molecule has 0 saturated heterocycles. The van der Waals surface area contributed by atoms with Gasteiger partial charge in [-0.3, -0.25) is 4.79 Å². The molecular formula is C9H4Br2ClN3OS. The van der Waals surface area contributed by atoms with Crippen molar-refractivity contribution in [2.24, 2.45) is 0 Å². The smallest absolute Gasteiger partial charge is 0.267 e. The highest BCUT2D eigenvalue weighted by Crippen LogP contribution is 2.32. The summed E-state index contributed by atoms with van der Waals surface area (Å²) in [6.45, 7) is 0. The van der Waals surface area contributed by atoms with Gasteiger partial charge in [-0.05, 0) is 37.9 Å². The van der Waals surface area contributed by atoms with E-state index in [0.717, 1.165) is 8.26 Å². The lowest BCUT2D eigenvalue weighted by atomic mass is 10.4. The maximum Gasteiger partial charge on any atom is 0.267 e. The van der Waals surface area contributed by atoms with Crippen LogP contribution < -0.4 is 5.32 Å². The minimum absolute atomic E-state index is 0.238. The highest BCUT2D eigenvalue weighted by atomic mass is 79.9. The average Bonchev–Trinajstić information content (AvgIpc) is 2.63. The van der Waals surface area contributed by atoms with E-state index in [9.17, 15) is 4.79 Å². The van der Waals surface area contributed by atoms with Crippen molar-refractivity contribution in [3.05, 3.63) is 36.7 Å². The molecule has 8 heteroatoms. The van der Waals surface area contributed by atoms with Gasteiger partial charge in [0.1, 0.15) is 5.15 Å². The van der Waals surface area contributed by atoms with E-state index in [1.165, 1.54) is 23.7 Å². The van der Waals surface area contributed by atoms with Gasteiger partial charge in [0.15, 0.2) is 5.82 Å². The second kappa shape index (κ2) is 5.43. The summed E-state index contributed by atoms with van der Waals surface area (Å²) in [4.78, 5) is 20.1. The Hall–Kier alpha value is -0.500. The summed E-state index contributed by atoms with van der Waals surface area (Å²) in [5, 5.41) is 2.91. The first-order chi connectivity index (χ1) is 8.06. The van der Waals surface area contributed by atoms with E-state index in [1.54, 1.807) is 6.07 Å².